The molecule has 0 unspecified atom stereocenters. The summed E-state index contributed by atoms with van der Waals surface area (Å²) in [5, 5.41) is 0. The number of carbonyl (C=O) groups excluding carboxylic acids is 2. The maximum absolute atomic E-state index is 12.5. The Hall–Kier alpha value is -2.11. The van der Waals surface area contributed by atoms with Crippen LogP contribution in [0.1, 0.15) is 31.1 Å². The first-order valence-electron chi connectivity index (χ1n) is 6.46. The first-order chi connectivity index (χ1) is 9.51. The third-order valence-electron chi connectivity index (χ3n) is 2.68. The van der Waals surface area contributed by atoms with E-state index in [0.717, 1.165) is 0 Å². The Morgan fingerprint density at radius 2 is 2.10 bits per heavy atom. The van der Waals surface area contributed by atoms with Gasteiger partial charge in [0.05, 0.1) is 13.7 Å². The Morgan fingerprint density at radius 1 is 1.40 bits per heavy atom. The summed E-state index contributed by atoms with van der Waals surface area (Å²) in [4.78, 5) is 29.5. The van der Waals surface area contributed by atoms with Crippen LogP contribution in [0, 0.1) is 0 Å². The standard InChI is InChI=1S/C14H20N2O4/c1-5-20-12(17)9-16(10(2)3)14(18)11-7-6-8-15-13(11)19-4/h6-8,10H,5,9H2,1-4H3. The number of hydrogen-bond acceptors (Lipinski definition) is 5. The van der Waals surface area contributed by atoms with Crippen molar-refractivity contribution in [1.29, 1.82) is 0 Å². The molecule has 20 heavy (non-hydrogen) atoms. The van der Waals surface area contributed by atoms with Gasteiger partial charge >= 0.3 is 5.97 Å². The number of amides is 1. The van der Waals surface area contributed by atoms with Crippen LogP contribution >= 0.6 is 0 Å². The van der Waals surface area contributed by atoms with Crippen molar-refractivity contribution in [2.24, 2.45) is 0 Å². The molecule has 0 aliphatic heterocycles. The second-order valence-electron chi connectivity index (χ2n) is 4.39. The lowest BCUT2D eigenvalue weighted by Gasteiger charge is -2.26. The zero-order valence-corrected chi connectivity index (χ0v) is 12.3. The molecule has 1 aromatic rings. The maximum Gasteiger partial charge on any atom is 0.325 e. The molecule has 0 saturated carbocycles. The average Bonchev–Trinajstić information content (AvgIpc) is 2.44. The number of nitrogens with zero attached hydrogens (tertiary/aromatic N) is 2. The highest BCUT2D eigenvalue weighted by Crippen LogP contribution is 2.17. The molecular weight excluding hydrogens is 260 g/mol. The molecule has 0 aromatic carbocycles. The number of rotatable bonds is 6. The minimum Gasteiger partial charge on any atom is -0.480 e. The van der Waals surface area contributed by atoms with Crippen molar-refractivity contribution in [2.75, 3.05) is 20.3 Å². The van der Waals surface area contributed by atoms with Gasteiger partial charge in [-0.15, -0.1) is 0 Å². The van der Waals surface area contributed by atoms with Gasteiger partial charge in [0.25, 0.3) is 5.91 Å². The predicted molar refractivity (Wildman–Crippen MR) is 73.6 cm³/mol. The van der Waals surface area contributed by atoms with Crippen molar-refractivity contribution in [3.63, 3.8) is 0 Å². The number of hydrogen-bond donors (Lipinski definition) is 0. The van der Waals surface area contributed by atoms with E-state index in [2.05, 4.69) is 4.98 Å². The molecule has 0 radical (unpaired) electrons. The molecule has 0 saturated heterocycles. The molecule has 0 spiro atoms. The molecule has 0 aliphatic carbocycles. The molecule has 110 valence electrons. The van der Waals surface area contributed by atoms with Crippen molar-refractivity contribution in [3.8, 4) is 5.88 Å². The zero-order chi connectivity index (χ0) is 15.1. The van der Waals surface area contributed by atoms with Gasteiger partial charge in [0.1, 0.15) is 12.1 Å². The molecule has 1 aromatic heterocycles. The predicted octanol–water partition coefficient (Wildman–Crippen LogP) is 1.50. The quantitative estimate of drug-likeness (QED) is 0.739. The Bertz CT molecular complexity index is 474. The molecule has 1 heterocycles. The van der Waals surface area contributed by atoms with Crippen LogP contribution in [0.3, 0.4) is 0 Å². The Kier molecular flexibility index (Phi) is 5.96. The average molecular weight is 280 g/mol. The Morgan fingerprint density at radius 3 is 2.65 bits per heavy atom. The fourth-order valence-corrected chi connectivity index (χ4v) is 1.71. The van der Waals surface area contributed by atoms with E-state index in [0.29, 0.717) is 5.56 Å². The van der Waals surface area contributed by atoms with E-state index in [9.17, 15) is 9.59 Å². The normalized spacial score (nSPS) is 10.2. The Labute approximate surface area is 118 Å². The van der Waals surface area contributed by atoms with Gasteiger partial charge in [-0.25, -0.2) is 4.98 Å². The van der Waals surface area contributed by atoms with Gasteiger partial charge in [0.2, 0.25) is 5.88 Å². The van der Waals surface area contributed by atoms with Crippen LogP contribution in [0.25, 0.3) is 0 Å². The first kappa shape index (κ1) is 15.9. The van der Waals surface area contributed by atoms with E-state index in [1.165, 1.54) is 12.0 Å². The van der Waals surface area contributed by atoms with Gasteiger partial charge in [0.15, 0.2) is 0 Å². The van der Waals surface area contributed by atoms with Crippen molar-refractivity contribution >= 4 is 11.9 Å². The summed E-state index contributed by atoms with van der Waals surface area (Å²) in [5.74, 6) is -0.498. The monoisotopic (exact) mass is 280 g/mol. The van der Waals surface area contributed by atoms with Crippen LogP contribution in [0.4, 0.5) is 0 Å². The van der Waals surface area contributed by atoms with Gasteiger partial charge in [-0.1, -0.05) is 0 Å². The molecule has 6 heteroatoms. The van der Waals surface area contributed by atoms with Crippen LogP contribution in [-0.4, -0.2) is 48.1 Å². The smallest absolute Gasteiger partial charge is 0.325 e. The van der Waals surface area contributed by atoms with Crippen LogP contribution in [0.5, 0.6) is 5.88 Å². The lowest BCUT2D eigenvalue weighted by atomic mass is 10.2. The molecule has 0 atom stereocenters. The van der Waals surface area contributed by atoms with Crippen LogP contribution < -0.4 is 4.74 Å². The summed E-state index contributed by atoms with van der Waals surface area (Å²) in [6.45, 7) is 5.58. The van der Waals surface area contributed by atoms with Crippen LogP contribution in [-0.2, 0) is 9.53 Å². The number of carbonyl (C=O) groups is 2. The van der Waals surface area contributed by atoms with Gasteiger partial charge in [0, 0.05) is 12.2 Å². The molecule has 1 amide bonds. The topological polar surface area (TPSA) is 68.7 Å². The number of ether oxygens (including phenoxy) is 2. The lowest BCUT2D eigenvalue weighted by Crippen LogP contribution is -2.41. The fourth-order valence-electron chi connectivity index (χ4n) is 1.71. The molecular formula is C14H20N2O4. The third-order valence-corrected chi connectivity index (χ3v) is 2.68. The minimum absolute atomic E-state index is 0.0949. The number of aromatic nitrogens is 1. The van der Waals surface area contributed by atoms with E-state index < -0.39 is 5.97 Å². The summed E-state index contributed by atoms with van der Waals surface area (Å²) < 4.78 is 9.96. The maximum atomic E-state index is 12.5. The van der Waals surface area contributed by atoms with E-state index in [-0.39, 0.29) is 31.0 Å². The lowest BCUT2D eigenvalue weighted by molar-refractivity contribution is -0.144. The largest absolute Gasteiger partial charge is 0.480 e. The zero-order valence-electron chi connectivity index (χ0n) is 12.3. The highest BCUT2D eigenvalue weighted by Gasteiger charge is 2.24. The molecule has 1 rings (SSSR count). The van der Waals surface area contributed by atoms with Crippen molar-refractivity contribution in [1.82, 2.24) is 9.88 Å². The summed E-state index contributed by atoms with van der Waals surface area (Å²) in [6.07, 6.45) is 1.54. The number of pyridine rings is 1. The molecule has 0 bridgehead atoms. The van der Waals surface area contributed by atoms with E-state index in [4.69, 9.17) is 9.47 Å². The summed E-state index contributed by atoms with van der Waals surface area (Å²) in [5.41, 5.74) is 0.327. The van der Waals surface area contributed by atoms with Crippen molar-refractivity contribution in [2.45, 2.75) is 26.8 Å². The van der Waals surface area contributed by atoms with Gasteiger partial charge in [-0.2, -0.15) is 0 Å². The Balaban J connectivity index is 2.97. The van der Waals surface area contributed by atoms with Crippen molar-refractivity contribution in [3.05, 3.63) is 23.9 Å². The van der Waals surface area contributed by atoms with E-state index >= 15 is 0 Å². The van der Waals surface area contributed by atoms with Gasteiger partial charge in [-0.3, -0.25) is 9.59 Å². The summed E-state index contributed by atoms with van der Waals surface area (Å²) in [7, 11) is 1.45. The summed E-state index contributed by atoms with van der Waals surface area (Å²) in [6, 6.07) is 3.13. The third kappa shape index (κ3) is 3.94. The van der Waals surface area contributed by atoms with Crippen molar-refractivity contribution < 1.29 is 19.1 Å². The van der Waals surface area contributed by atoms with Crippen LogP contribution in [0.2, 0.25) is 0 Å². The van der Waals surface area contributed by atoms with E-state index in [1.807, 2.05) is 13.8 Å². The number of methoxy groups -OCH3 is 1. The fraction of sp³-hybridized carbons (Fsp3) is 0.500. The van der Waals surface area contributed by atoms with E-state index in [1.54, 1.807) is 25.3 Å². The molecule has 6 nitrogen and oxygen atoms in total. The second-order valence-corrected chi connectivity index (χ2v) is 4.39. The molecule has 0 fully saturated rings. The van der Waals surface area contributed by atoms with Gasteiger partial charge in [-0.05, 0) is 32.9 Å². The highest BCUT2D eigenvalue weighted by atomic mass is 16.5. The summed E-state index contributed by atoms with van der Waals surface area (Å²) >= 11 is 0. The SMILES string of the molecule is CCOC(=O)CN(C(=O)c1cccnc1OC)C(C)C. The van der Waals surface area contributed by atoms with Gasteiger partial charge < -0.3 is 14.4 Å². The molecule has 0 aliphatic rings. The number of esters is 1. The second kappa shape index (κ2) is 7.47. The highest BCUT2D eigenvalue weighted by molar-refractivity contribution is 5.98. The molecule has 0 N–H and O–H groups in total. The van der Waals surface area contributed by atoms with Crippen LogP contribution in [0.15, 0.2) is 18.3 Å². The first-order valence-corrected chi connectivity index (χ1v) is 6.46. The minimum atomic E-state index is -0.433.